The first-order valence-electron chi connectivity index (χ1n) is 3.61. The minimum Gasteiger partial charge on any atom is -0.375 e. The third kappa shape index (κ3) is 2.47. The Labute approximate surface area is 77.2 Å². The third-order valence-corrected chi connectivity index (χ3v) is 1.69. The number of rotatable bonds is 3. The molecule has 0 aliphatic rings. The van der Waals surface area contributed by atoms with E-state index in [2.05, 4.69) is 17.2 Å². The number of halogens is 1. The fourth-order valence-corrected chi connectivity index (χ4v) is 0.896. The zero-order valence-electron chi connectivity index (χ0n) is 6.89. The van der Waals surface area contributed by atoms with Crippen molar-refractivity contribution in [3.05, 3.63) is 41.7 Å². The highest BCUT2D eigenvalue weighted by atomic mass is 35.5. The van der Waals surface area contributed by atoms with Crippen LogP contribution in [0.3, 0.4) is 0 Å². The van der Waals surface area contributed by atoms with Crippen LogP contribution in [0.4, 0.5) is 5.69 Å². The zero-order chi connectivity index (χ0) is 8.97. The molecule has 2 N–H and O–H groups in total. The molecule has 0 fully saturated rings. The average Bonchev–Trinajstić information content (AvgIpc) is 2.09. The summed E-state index contributed by atoms with van der Waals surface area (Å²) < 4.78 is 0. The van der Waals surface area contributed by atoms with E-state index in [1.807, 2.05) is 31.3 Å². The molecule has 0 bridgehead atoms. The Bertz CT molecular complexity index is 266. The molecule has 0 spiro atoms. The second-order valence-electron chi connectivity index (χ2n) is 2.36. The standard InChI is InChI=1S/C9H11ClN2/c1-7(11-2)12-9-5-3-8(10)4-6-9/h3-6,11-12H,1H2,2H3. The van der Waals surface area contributed by atoms with E-state index in [9.17, 15) is 0 Å². The molecular formula is C9H11ClN2. The van der Waals surface area contributed by atoms with Crippen molar-refractivity contribution < 1.29 is 0 Å². The fourth-order valence-electron chi connectivity index (χ4n) is 0.770. The van der Waals surface area contributed by atoms with Gasteiger partial charge in [0.05, 0.1) is 5.82 Å². The number of hydrogen-bond acceptors (Lipinski definition) is 2. The second kappa shape index (κ2) is 4.02. The van der Waals surface area contributed by atoms with Gasteiger partial charge in [0.1, 0.15) is 0 Å². The molecule has 1 rings (SSSR count). The van der Waals surface area contributed by atoms with E-state index in [-0.39, 0.29) is 0 Å². The summed E-state index contributed by atoms with van der Waals surface area (Å²) >= 11 is 5.72. The summed E-state index contributed by atoms with van der Waals surface area (Å²) in [6.45, 7) is 3.74. The van der Waals surface area contributed by atoms with Gasteiger partial charge < -0.3 is 10.6 Å². The Balaban J connectivity index is 2.64. The Hall–Kier alpha value is -1.15. The van der Waals surface area contributed by atoms with Crippen molar-refractivity contribution in [2.24, 2.45) is 0 Å². The fraction of sp³-hybridized carbons (Fsp3) is 0.111. The van der Waals surface area contributed by atoms with Crippen molar-refractivity contribution in [3.8, 4) is 0 Å². The molecule has 3 heteroatoms. The lowest BCUT2D eigenvalue weighted by Crippen LogP contribution is -2.12. The minimum atomic E-state index is 0.732. The molecule has 0 saturated heterocycles. The molecule has 2 nitrogen and oxygen atoms in total. The highest BCUT2D eigenvalue weighted by Crippen LogP contribution is 2.13. The topological polar surface area (TPSA) is 24.1 Å². The van der Waals surface area contributed by atoms with Crippen molar-refractivity contribution in [1.82, 2.24) is 5.32 Å². The lowest BCUT2D eigenvalue weighted by molar-refractivity contribution is 1.00. The van der Waals surface area contributed by atoms with Crippen molar-refractivity contribution in [3.63, 3.8) is 0 Å². The summed E-state index contributed by atoms with van der Waals surface area (Å²) in [7, 11) is 1.81. The lowest BCUT2D eigenvalue weighted by Gasteiger charge is -2.07. The monoisotopic (exact) mass is 182 g/mol. The van der Waals surface area contributed by atoms with Gasteiger partial charge in [0.2, 0.25) is 0 Å². The van der Waals surface area contributed by atoms with Crippen LogP contribution in [-0.2, 0) is 0 Å². The number of hydrogen-bond donors (Lipinski definition) is 2. The van der Waals surface area contributed by atoms with Gasteiger partial charge in [-0.25, -0.2) is 0 Å². The first-order chi connectivity index (χ1) is 5.72. The van der Waals surface area contributed by atoms with E-state index in [0.29, 0.717) is 0 Å². The SMILES string of the molecule is C=C(NC)Nc1ccc(Cl)cc1. The third-order valence-electron chi connectivity index (χ3n) is 1.44. The molecule has 0 atom stereocenters. The van der Waals surface area contributed by atoms with Gasteiger partial charge in [-0.1, -0.05) is 18.2 Å². The molecule has 64 valence electrons. The van der Waals surface area contributed by atoms with Crippen LogP contribution in [0, 0.1) is 0 Å². The highest BCUT2D eigenvalue weighted by molar-refractivity contribution is 6.30. The van der Waals surface area contributed by atoms with Crippen LogP contribution in [0.5, 0.6) is 0 Å². The molecule has 12 heavy (non-hydrogen) atoms. The molecule has 1 aromatic carbocycles. The van der Waals surface area contributed by atoms with Crippen molar-refractivity contribution in [2.45, 2.75) is 0 Å². The summed E-state index contributed by atoms with van der Waals surface area (Å²) in [4.78, 5) is 0. The quantitative estimate of drug-likeness (QED) is 0.751. The predicted molar refractivity (Wildman–Crippen MR) is 53.3 cm³/mol. The number of anilines is 1. The maximum Gasteiger partial charge on any atom is 0.0954 e. The summed E-state index contributed by atoms with van der Waals surface area (Å²) in [6.07, 6.45) is 0. The predicted octanol–water partition coefficient (Wildman–Crippen LogP) is 2.44. The number of nitrogens with one attached hydrogen (secondary N) is 2. The smallest absolute Gasteiger partial charge is 0.0954 e. The largest absolute Gasteiger partial charge is 0.375 e. The van der Waals surface area contributed by atoms with E-state index in [1.54, 1.807) is 0 Å². The van der Waals surface area contributed by atoms with Gasteiger partial charge in [0.15, 0.2) is 0 Å². The van der Waals surface area contributed by atoms with E-state index >= 15 is 0 Å². The van der Waals surface area contributed by atoms with Crippen molar-refractivity contribution in [1.29, 1.82) is 0 Å². The minimum absolute atomic E-state index is 0.732. The molecule has 0 aliphatic heterocycles. The second-order valence-corrected chi connectivity index (χ2v) is 2.80. The first-order valence-corrected chi connectivity index (χ1v) is 3.99. The van der Waals surface area contributed by atoms with Crippen LogP contribution in [0.15, 0.2) is 36.7 Å². The summed E-state index contributed by atoms with van der Waals surface area (Å²) in [5.41, 5.74) is 0.971. The van der Waals surface area contributed by atoms with E-state index in [4.69, 9.17) is 11.6 Å². The lowest BCUT2D eigenvalue weighted by atomic mass is 10.3. The maximum atomic E-state index is 5.72. The molecule has 0 radical (unpaired) electrons. The summed E-state index contributed by atoms with van der Waals surface area (Å²) in [6, 6.07) is 7.44. The molecule has 0 aromatic heterocycles. The van der Waals surface area contributed by atoms with Gasteiger partial charge in [-0.15, -0.1) is 0 Å². The molecular weight excluding hydrogens is 172 g/mol. The van der Waals surface area contributed by atoms with Crippen LogP contribution in [0.1, 0.15) is 0 Å². The van der Waals surface area contributed by atoms with Crippen LogP contribution in [0.25, 0.3) is 0 Å². The van der Waals surface area contributed by atoms with Gasteiger partial charge in [-0.3, -0.25) is 0 Å². The normalized spacial score (nSPS) is 9.17. The van der Waals surface area contributed by atoms with Crippen molar-refractivity contribution in [2.75, 3.05) is 12.4 Å². The summed E-state index contributed by atoms with van der Waals surface area (Å²) in [5, 5.41) is 6.68. The Morgan fingerprint density at radius 3 is 2.42 bits per heavy atom. The molecule has 1 aromatic rings. The molecule has 0 unspecified atom stereocenters. The van der Waals surface area contributed by atoms with Gasteiger partial charge in [0, 0.05) is 17.8 Å². The van der Waals surface area contributed by atoms with Crippen LogP contribution in [-0.4, -0.2) is 7.05 Å². The molecule has 0 saturated carbocycles. The Morgan fingerprint density at radius 1 is 1.33 bits per heavy atom. The first kappa shape index (κ1) is 8.94. The Morgan fingerprint density at radius 2 is 1.92 bits per heavy atom. The van der Waals surface area contributed by atoms with E-state index < -0.39 is 0 Å². The van der Waals surface area contributed by atoms with Gasteiger partial charge in [-0.2, -0.15) is 0 Å². The zero-order valence-corrected chi connectivity index (χ0v) is 7.65. The van der Waals surface area contributed by atoms with Gasteiger partial charge >= 0.3 is 0 Å². The van der Waals surface area contributed by atoms with Crippen LogP contribution in [0.2, 0.25) is 5.02 Å². The van der Waals surface area contributed by atoms with E-state index in [0.717, 1.165) is 16.5 Å². The molecule has 0 aliphatic carbocycles. The Kier molecular flexibility index (Phi) is 3.00. The molecule has 0 amide bonds. The van der Waals surface area contributed by atoms with Crippen LogP contribution < -0.4 is 10.6 Å². The maximum absolute atomic E-state index is 5.72. The summed E-state index contributed by atoms with van der Waals surface area (Å²) in [5.74, 6) is 0.761. The van der Waals surface area contributed by atoms with E-state index in [1.165, 1.54) is 0 Å². The highest BCUT2D eigenvalue weighted by Gasteiger charge is 1.91. The average molecular weight is 183 g/mol. The number of benzene rings is 1. The van der Waals surface area contributed by atoms with Gasteiger partial charge in [-0.05, 0) is 24.3 Å². The molecule has 0 heterocycles. The van der Waals surface area contributed by atoms with Crippen LogP contribution >= 0.6 is 11.6 Å². The van der Waals surface area contributed by atoms with Crippen molar-refractivity contribution >= 4 is 17.3 Å². The van der Waals surface area contributed by atoms with Gasteiger partial charge in [0.25, 0.3) is 0 Å².